The lowest BCUT2D eigenvalue weighted by Crippen LogP contribution is -2.35. The van der Waals surface area contributed by atoms with Crippen LogP contribution in [0, 0.1) is 17.3 Å². The van der Waals surface area contributed by atoms with Gasteiger partial charge in [-0.1, -0.05) is 13.8 Å². The van der Waals surface area contributed by atoms with Gasteiger partial charge < -0.3 is 9.47 Å². The Bertz CT molecular complexity index is 463. The van der Waals surface area contributed by atoms with Gasteiger partial charge in [0.25, 0.3) is 0 Å². The molecule has 0 N–H and O–H groups in total. The van der Waals surface area contributed by atoms with E-state index in [1.54, 1.807) is 0 Å². The molecule has 0 aromatic rings. The Labute approximate surface area is 110 Å². The lowest BCUT2D eigenvalue weighted by atomic mass is 9.75. The molecule has 2 aliphatic heterocycles. The third kappa shape index (κ3) is 1.95. The summed E-state index contributed by atoms with van der Waals surface area (Å²) < 4.78 is 10.4. The van der Waals surface area contributed by atoms with Gasteiger partial charge in [0, 0.05) is 11.8 Å². The minimum Gasteiger partial charge on any atom is -0.410 e. The summed E-state index contributed by atoms with van der Waals surface area (Å²) in [7, 11) is 0. The number of carbonyl (C=O) groups is 2. The lowest BCUT2D eigenvalue weighted by molar-refractivity contribution is -0.133. The molecule has 1 saturated carbocycles. The predicted octanol–water partition coefficient (Wildman–Crippen LogP) is 0.949. The van der Waals surface area contributed by atoms with Gasteiger partial charge in [0.2, 0.25) is 0 Å². The maximum Gasteiger partial charge on any atom is 0.334 e. The van der Waals surface area contributed by atoms with E-state index in [2.05, 4.69) is 23.8 Å². The zero-order valence-corrected chi connectivity index (χ0v) is 11.0. The molecule has 3 rings (SSSR count). The summed E-state index contributed by atoms with van der Waals surface area (Å²) in [5, 5.41) is 0. The van der Waals surface area contributed by atoms with E-state index in [1.165, 1.54) is 0 Å². The monoisotopic (exact) mass is 264 g/mol. The predicted molar refractivity (Wildman–Crippen MR) is 66.8 cm³/mol. The standard InChI is InChI=1S/C13H16N2O4/c1-13(2)7(11-14-5-9(16)18-11)3-4-8(13)12-15-6-10(17)19-12/h7-8H,3-6H2,1-2H3/t7-,8?/m0/s1. The minimum atomic E-state index is -0.293. The average molecular weight is 264 g/mol. The molecule has 2 heterocycles. The molecule has 1 unspecified atom stereocenters. The number of esters is 2. The third-order valence-electron chi connectivity index (χ3n) is 4.30. The zero-order chi connectivity index (χ0) is 13.6. The fourth-order valence-electron chi connectivity index (χ4n) is 3.21. The van der Waals surface area contributed by atoms with Crippen LogP contribution in [-0.2, 0) is 19.1 Å². The van der Waals surface area contributed by atoms with Crippen LogP contribution in [0.5, 0.6) is 0 Å². The highest BCUT2D eigenvalue weighted by Crippen LogP contribution is 2.49. The molecule has 0 bridgehead atoms. The molecule has 102 valence electrons. The Morgan fingerprint density at radius 3 is 1.68 bits per heavy atom. The first-order chi connectivity index (χ1) is 8.98. The van der Waals surface area contributed by atoms with Crippen molar-refractivity contribution in [3.8, 4) is 0 Å². The number of cyclic esters (lactones) is 2. The van der Waals surface area contributed by atoms with Crippen molar-refractivity contribution < 1.29 is 19.1 Å². The van der Waals surface area contributed by atoms with Crippen LogP contribution in [0.1, 0.15) is 26.7 Å². The second-order valence-electron chi connectivity index (χ2n) is 5.76. The summed E-state index contributed by atoms with van der Waals surface area (Å²) in [5.74, 6) is 0.625. The van der Waals surface area contributed by atoms with Crippen molar-refractivity contribution in [2.75, 3.05) is 13.1 Å². The molecule has 0 spiro atoms. The SMILES string of the molecule is CC1(C)C(C2=NCC(=O)O2)CC[C@H]1C1=NCC(=O)O1. The van der Waals surface area contributed by atoms with Crippen molar-refractivity contribution in [1.29, 1.82) is 0 Å². The largest absolute Gasteiger partial charge is 0.410 e. The molecule has 3 aliphatic rings. The number of carbonyl (C=O) groups excluding carboxylic acids is 2. The van der Waals surface area contributed by atoms with Gasteiger partial charge in [0.15, 0.2) is 11.8 Å². The first-order valence-corrected chi connectivity index (χ1v) is 6.48. The van der Waals surface area contributed by atoms with Crippen LogP contribution in [0.2, 0.25) is 0 Å². The highest BCUT2D eigenvalue weighted by atomic mass is 16.6. The number of aliphatic imine (C=N–C) groups is 2. The molecule has 1 fully saturated rings. The van der Waals surface area contributed by atoms with Gasteiger partial charge in [-0.05, 0) is 18.3 Å². The van der Waals surface area contributed by atoms with Crippen LogP contribution >= 0.6 is 0 Å². The van der Waals surface area contributed by atoms with Crippen LogP contribution < -0.4 is 0 Å². The van der Waals surface area contributed by atoms with Crippen molar-refractivity contribution in [1.82, 2.24) is 0 Å². The number of hydrogen-bond donors (Lipinski definition) is 0. The van der Waals surface area contributed by atoms with Crippen LogP contribution in [0.25, 0.3) is 0 Å². The Hall–Kier alpha value is -1.72. The van der Waals surface area contributed by atoms with Gasteiger partial charge in [-0.15, -0.1) is 0 Å². The van der Waals surface area contributed by atoms with E-state index in [0.29, 0.717) is 11.8 Å². The van der Waals surface area contributed by atoms with Gasteiger partial charge in [-0.25, -0.2) is 19.6 Å². The van der Waals surface area contributed by atoms with Gasteiger partial charge >= 0.3 is 11.9 Å². The van der Waals surface area contributed by atoms with E-state index in [-0.39, 0.29) is 42.3 Å². The topological polar surface area (TPSA) is 77.3 Å². The molecule has 0 aromatic carbocycles. The van der Waals surface area contributed by atoms with Crippen molar-refractivity contribution >= 4 is 23.7 Å². The normalized spacial score (nSPS) is 32.9. The Morgan fingerprint density at radius 2 is 1.37 bits per heavy atom. The summed E-state index contributed by atoms with van der Waals surface area (Å²) >= 11 is 0. The van der Waals surface area contributed by atoms with Gasteiger partial charge in [0.05, 0.1) is 0 Å². The second kappa shape index (κ2) is 4.15. The summed E-state index contributed by atoms with van der Waals surface area (Å²) in [6.07, 6.45) is 1.72. The second-order valence-corrected chi connectivity index (χ2v) is 5.76. The van der Waals surface area contributed by atoms with E-state index in [1.807, 2.05) is 0 Å². The molecule has 0 amide bonds. The van der Waals surface area contributed by atoms with Crippen LogP contribution in [0.3, 0.4) is 0 Å². The molecule has 6 nitrogen and oxygen atoms in total. The molecule has 2 atom stereocenters. The van der Waals surface area contributed by atoms with Crippen molar-refractivity contribution in [2.24, 2.45) is 27.2 Å². The minimum absolute atomic E-state index is 0.0750. The quantitative estimate of drug-likeness (QED) is 0.696. The fourth-order valence-corrected chi connectivity index (χ4v) is 3.21. The van der Waals surface area contributed by atoms with Crippen molar-refractivity contribution in [3.05, 3.63) is 0 Å². The molecule has 0 radical (unpaired) electrons. The van der Waals surface area contributed by atoms with Crippen molar-refractivity contribution in [3.63, 3.8) is 0 Å². The van der Waals surface area contributed by atoms with E-state index in [4.69, 9.17) is 9.47 Å². The molecule has 6 heteroatoms. The number of hydrogen-bond acceptors (Lipinski definition) is 6. The van der Waals surface area contributed by atoms with Crippen LogP contribution in [-0.4, -0.2) is 36.8 Å². The van der Waals surface area contributed by atoms with E-state index in [9.17, 15) is 9.59 Å². The van der Waals surface area contributed by atoms with Crippen molar-refractivity contribution in [2.45, 2.75) is 26.7 Å². The summed E-state index contributed by atoms with van der Waals surface area (Å²) in [5.41, 5.74) is -0.188. The highest BCUT2D eigenvalue weighted by Gasteiger charge is 2.51. The lowest BCUT2D eigenvalue weighted by Gasteiger charge is -2.31. The summed E-state index contributed by atoms with van der Waals surface area (Å²) in [4.78, 5) is 30.7. The van der Waals surface area contributed by atoms with E-state index in [0.717, 1.165) is 12.8 Å². The van der Waals surface area contributed by atoms with Gasteiger partial charge in [-0.2, -0.15) is 0 Å². The van der Waals surface area contributed by atoms with Crippen LogP contribution in [0.4, 0.5) is 0 Å². The van der Waals surface area contributed by atoms with Gasteiger partial charge in [-0.3, -0.25) is 0 Å². The number of rotatable bonds is 2. The Kier molecular flexibility index (Phi) is 2.69. The van der Waals surface area contributed by atoms with Crippen LogP contribution in [0.15, 0.2) is 9.98 Å². The molecule has 0 aromatic heterocycles. The first kappa shape index (κ1) is 12.3. The Balaban J connectivity index is 1.80. The maximum absolute atomic E-state index is 11.2. The van der Waals surface area contributed by atoms with E-state index >= 15 is 0 Å². The number of ether oxygens (including phenoxy) is 2. The third-order valence-corrected chi connectivity index (χ3v) is 4.30. The maximum atomic E-state index is 11.2. The average Bonchev–Trinajstić information content (AvgIpc) is 2.98. The molecular formula is C13H16N2O4. The summed E-state index contributed by atoms with van der Waals surface area (Å²) in [6, 6.07) is 0. The number of nitrogens with zero attached hydrogens (tertiary/aromatic N) is 2. The molecular weight excluding hydrogens is 248 g/mol. The molecule has 0 saturated heterocycles. The smallest absolute Gasteiger partial charge is 0.334 e. The molecule has 19 heavy (non-hydrogen) atoms. The Morgan fingerprint density at radius 1 is 0.947 bits per heavy atom. The molecule has 1 aliphatic carbocycles. The zero-order valence-electron chi connectivity index (χ0n) is 11.0. The van der Waals surface area contributed by atoms with Gasteiger partial charge in [0.1, 0.15) is 13.1 Å². The highest BCUT2D eigenvalue weighted by molar-refractivity contribution is 5.99. The van der Waals surface area contributed by atoms with E-state index < -0.39 is 0 Å². The summed E-state index contributed by atoms with van der Waals surface area (Å²) in [6.45, 7) is 4.39. The fraction of sp³-hybridized carbons (Fsp3) is 0.692. The first-order valence-electron chi connectivity index (χ1n) is 6.48.